The molecule has 0 aliphatic carbocycles. The predicted molar refractivity (Wildman–Crippen MR) is 49.4 cm³/mol. The van der Waals surface area contributed by atoms with Gasteiger partial charge in [-0.1, -0.05) is 6.07 Å². The third kappa shape index (κ3) is 1.75. The summed E-state index contributed by atoms with van der Waals surface area (Å²) < 4.78 is 23.8. The molecule has 0 saturated carbocycles. The van der Waals surface area contributed by atoms with Crippen LogP contribution in [0, 0.1) is 5.82 Å². The molecule has 15 heavy (non-hydrogen) atoms. The van der Waals surface area contributed by atoms with Crippen molar-refractivity contribution in [1.82, 2.24) is 0 Å². The van der Waals surface area contributed by atoms with Gasteiger partial charge >= 0.3 is 0 Å². The first-order valence-electron chi connectivity index (χ1n) is 4.59. The Labute approximate surface area is 85.9 Å². The van der Waals surface area contributed by atoms with Crippen LogP contribution >= 0.6 is 0 Å². The van der Waals surface area contributed by atoms with E-state index in [-0.39, 0.29) is 24.7 Å². The monoisotopic (exact) mass is 214 g/mol. The predicted octanol–water partition coefficient (Wildman–Crippen LogP) is 0.319. The number of hydrogen-bond acceptors (Lipinski definition) is 4. The number of rotatable bonds is 2. The minimum Gasteiger partial charge on any atom is -0.480 e. The average molecular weight is 214 g/mol. The molecular formula is C10H11FO4. The summed E-state index contributed by atoms with van der Waals surface area (Å²) in [4.78, 5) is 0. The number of halogens is 1. The van der Waals surface area contributed by atoms with Gasteiger partial charge in [0.15, 0.2) is 29.5 Å². The third-order valence-corrected chi connectivity index (χ3v) is 2.25. The van der Waals surface area contributed by atoms with Crippen LogP contribution in [0.5, 0.6) is 11.5 Å². The van der Waals surface area contributed by atoms with Crippen LogP contribution in [-0.2, 0) is 0 Å². The Morgan fingerprint density at radius 3 is 2.47 bits per heavy atom. The molecule has 4 nitrogen and oxygen atoms in total. The molecule has 0 saturated heterocycles. The first-order valence-corrected chi connectivity index (χ1v) is 4.59. The second-order valence-electron chi connectivity index (χ2n) is 3.24. The van der Waals surface area contributed by atoms with Crippen molar-refractivity contribution in [3.05, 3.63) is 24.0 Å². The Kier molecular flexibility index (Phi) is 2.75. The van der Waals surface area contributed by atoms with Crippen LogP contribution in [0.25, 0.3) is 0 Å². The Hall–Kier alpha value is -1.33. The van der Waals surface area contributed by atoms with Gasteiger partial charge in [-0.05, 0) is 12.1 Å². The van der Waals surface area contributed by atoms with E-state index in [1.54, 1.807) is 6.07 Å². The molecule has 5 heteroatoms. The molecule has 1 aromatic rings. The molecule has 1 aliphatic rings. The molecule has 0 amide bonds. The van der Waals surface area contributed by atoms with E-state index in [0.29, 0.717) is 0 Å². The lowest BCUT2D eigenvalue weighted by Crippen LogP contribution is -2.44. The Bertz CT molecular complexity index is 355. The minimum atomic E-state index is -0.737. The zero-order valence-corrected chi connectivity index (χ0v) is 7.89. The molecule has 2 atom stereocenters. The molecular weight excluding hydrogens is 203 g/mol. The number of para-hydroxylation sites is 1. The molecule has 1 aromatic carbocycles. The van der Waals surface area contributed by atoms with E-state index in [2.05, 4.69) is 0 Å². The molecule has 2 N–H and O–H groups in total. The molecule has 0 bridgehead atoms. The number of aliphatic hydroxyl groups excluding tert-OH is 2. The topological polar surface area (TPSA) is 58.9 Å². The van der Waals surface area contributed by atoms with Crippen molar-refractivity contribution in [2.45, 2.75) is 12.2 Å². The highest BCUT2D eigenvalue weighted by atomic mass is 19.1. The van der Waals surface area contributed by atoms with Crippen LogP contribution in [0.2, 0.25) is 0 Å². The smallest absolute Gasteiger partial charge is 0.197 e. The second-order valence-corrected chi connectivity index (χ2v) is 3.24. The van der Waals surface area contributed by atoms with Gasteiger partial charge in [0.05, 0.1) is 13.2 Å². The largest absolute Gasteiger partial charge is 0.480 e. The van der Waals surface area contributed by atoms with Crippen LogP contribution in [0.15, 0.2) is 18.2 Å². The van der Waals surface area contributed by atoms with Gasteiger partial charge < -0.3 is 19.7 Å². The maximum atomic E-state index is 13.3. The molecule has 82 valence electrons. The Morgan fingerprint density at radius 2 is 1.80 bits per heavy atom. The lowest BCUT2D eigenvalue weighted by Gasteiger charge is -2.31. The highest BCUT2D eigenvalue weighted by molar-refractivity contribution is 5.42. The number of ether oxygens (including phenoxy) is 2. The van der Waals surface area contributed by atoms with Gasteiger partial charge in [0.25, 0.3) is 0 Å². The average Bonchev–Trinajstić information content (AvgIpc) is 2.28. The van der Waals surface area contributed by atoms with Crippen LogP contribution in [-0.4, -0.2) is 35.6 Å². The Balaban J connectivity index is 2.33. The summed E-state index contributed by atoms with van der Waals surface area (Å²) in [5.74, 6) is -0.303. The van der Waals surface area contributed by atoms with E-state index in [9.17, 15) is 4.39 Å². The van der Waals surface area contributed by atoms with Crippen molar-refractivity contribution < 1.29 is 24.1 Å². The van der Waals surface area contributed by atoms with Gasteiger partial charge in [0.1, 0.15) is 0 Å². The normalized spacial score (nSPS) is 23.9. The SMILES string of the molecule is OC[C@@H]1Oc2cccc(F)c2O[C@H]1CO. The van der Waals surface area contributed by atoms with Gasteiger partial charge in [-0.25, -0.2) is 4.39 Å². The number of fused-ring (bicyclic) bond motifs is 1. The van der Waals surface area contributed by atoms with Crippen molar-refractivity contribution in [1.29, 1.82) is 0 Å². The summed E-state index contributed by atoms with van der Waals surface area (Å²) in [5.41, 5.74) is 0. The zero-order chi connectivity index (χ0) is 10.8. The molecule has 1 aliphatic heterocycles. The summed E-state index contributed by atoms with van der Waals surface area (Å²) in [6, 6.07) is 4.29. The minimum absolute atomic E-state index is 0.0127. The fourth-order valence-electron chi connectivity index (χ4n) is 1.47. The quantitative estimate of drug-likeness (QED) is 0.744. The lowest BCUT2D eigenvalue weighted by molar-refractivity contribution is -0.0373. The zero-order valence-electron chi connectivity index (χ0n) is 7.89. The van der Waals surface area contributed by atoms with E-state index >= 15 is 0 Å². The molecule has 0 spiro atoms. The molecule has 2 rings (SSSR count). The van der Waals surface area contributed by atoms with Crippen LogP contribution in [0.1, 0.15) is 0 Å². The summed E-state index contributed by atoms with van der Waals surface area (Å²) in [6.45, 7) is -0.625. The van der Waals surface area contributed by atoms with E-state index in [0.717, 1.165) is 0 Å². The van der Waals surface area contributed by atoms with E-state index in [1.807, 2.05) is 0 Å². The Morgan fingerprint density at radius 1 is 1.13 bits per heavy atom. The first kappa shape index (κ1) is 10.2. The molecule has 1 heterocycles. The van der Waals surface area contributed by atoms with Gasteiger partial charge in [-0.2, -0.15) is 0 Å². The van der Waals surface area contributed by atoms with Gasteiger partial charge in [0.2, 0.25) is 0 Å². The molecule has 0 aromatic heterocycles. The fourth-order valence-corrected chi connectivity index (χ4v) is 1.47. The number of benzene rings is 1. The maximum absolute atomic E-state index is 13.3. The van der Waals surface area contributed by atoms with Crippen molar-refractivity contribution >= 4 is 0 Å². The van der Waals surface area contributed by atoms with Gasteiger partial charge in [-0.3, -0.25) is 0 Å². The van der Waals surface area contributed by atoms with Crippen molar-refractivity contribution in [3.8, 4) is 11.5 Å². The molecule has 0 unspecified atom stereocenters. The number of aliphatic hydroxyl groups is 2. The fraction of sp³-hybridized carbons (Fsp3) is 0.400. The van der Waals surface area contributed by atoms with E-state index in [1.165, 1.54) is 12.1 Å². The van der Waals surface area contributed by atoms with Gasteiger partial charge in [0, 0.05) is 0 Å². The maximum Gasteiger partial charge on any atom is 0.197 e. The summed E-state index contributed by atoms with van der Waals surface area (Å²) in [6.07, 6.45) is -1.40. The summed E-state index contributed by atoms with van der Waals surface area (Å²) in [7, 11) is 0. The first-order chi connectivity index (χ1) is 7.26. The highest BCUT2D eigenvalue weighted by Crippen LogP contribution is 2.35. The van der Waals surface area contributed by atoms with Crippen LogP contribution in [0.3, 0.4) is 0 Å². The standard InChI is InChI=1S/C10H11FO4/c11-6-2-1-3-7-10(6)15-9(5-13)8(4-12)14-7/h1-3,8-9,12-13H,4-5H2/t8-,9-/m0/s1. The van der Waals surface area contributed by atoms with Gasteiger partial charge in [-0.15, -0.1) is 0 Å². The summed E-state index contributed by atoms with van der Waals surface area (Å²) >= 11 is 0. The lowest BCUT2D eigenvalue weighted by atomic mass is 10.2. The van der Waals surface area contributed by atoms with Crippen LogP contribution in [0.4, 0.5) is 4.39 Å². The van der Waals surface area contributed by atoms with Crippen LogP contribution < -0.4 is 9.47 Å². The highest BCUT2D eigenvalue weighted by Gasteiger charge is 2.32. The van der Waals surface area contributed by atoms with Crippen molar-refractivity contribution in [2.75, 3.05) is 13.2 Å². The van der Waals surface area contributed by atoms with Crippen molar-refractivity contribution in [3.63, 3.8) is 0 Å². The van der Waals surface area contributed by atoms with E-state index in [4.69, 9.17) is 19.7 Å². The van der Waals surface area contributed by atoms with E-state index < -0.39 is 18.0 Å². The van der Waals surface area contributed by atoms with Crippen molar-refractivity contribution in [2.24, 2.45) is 0 Å². The second kappa shape index (κ2) is 4.04. The number of hydrogen-bond donors (Lipinski definition) is 2. The molecule has 0 fully saturated rings. The molecule has 0 radical (unpaired) electrons. The summed E-state index contributed by atoms with van der Waals surface area (Å²) in [5, 5.41) is 17.9. The third-order valence-electron chi connectivity index (χ3n) is 2.25.